The first-order valence-electron chi connectivity index (χ1n) is 6.76. The van der Waals surface area contributed by atoms with Crippen LogP contribution in [-0.4, -0.2) is 26.0 Å². The van der Waals surface area contributed by atoms with Crippen molar-refractivity contribution < 1.29 is 9.32 Å². The van der Waals surface area contributed by atoms with E-state index in [2.05, 4.69) is 32.3 Å². The van der Waals surface area contributed by atoms with E-state index in [1.165, 1.54) is 24.2 Å². The molecule has 1 amide bonds. The predicted octanol–water partition coefficient (Wildman–Crippen LogP) is 2.34. The molecule has 0 saturated carbocycles. The number of benzene rings is 1. The van der Waals surface area contributed by atoms with E-state index < -0.39 is 5.91 Å². The summed E-state index contributed by atoms with van der Waals surface area (Å²) in [7, 11) is 0. The van der Waals surface area contributed by atoms with Crippen molar-refractivity contribution in [3.8, 4) is 11.5 Å². The van der Waals surface area contributed by atoms with E-state index >= 15 is 0 Å². The summed E-state index contributed by atoms with van der Waals surface area (Å²) in [5, 5.41) is 6.43. The standard InChI is InChI=1S/C15H13N5O2/c1-2-10-3-5-11(6-4-10)18-14(21)15-19-13(20-22-15)12-9-16-7-8-17-12/h3-9H,2H2,1H3,(H,18,21). The maximum absolute atomic E-state index is 12.1. The van der Waals surface area contributed by atoms with Crippen molar-refractivity contribution in [2.75, 3.05) is 5.32 Å². The third-order valence-electron chi connectivity index (χ3n) is 3.03. The molecular formula is C15H13N5O2. The van der Waals surface area contributed by atoms with E-state index in [1.807, 2.05) is 24.3 Å². The largest absolute Gasteiger partial charge is 0.328 e. The summed E-state index contributed by atoms with van der Waals surface area (Å²) in [5.41, 5.74) is 2.31. The Morgan fingerprint density at radius 1 is 1.23 bits per heavy atom. The van der Waals surface area contributed by atoms with Gasteiger partial charge in [-0.1, -0.05) is 24.2 Å². The van der Waals surface area contributed by atoms with Crippen LogP contribution in [0.5, 0.6) is 0 Å². The van der Waals surface area contributed by atoms with Crippen molar-refractivity contribution in [1.82, 2.24) is 20.1 Å². The van der Waals surface area contributed by atoms with E-state index in [1.54, 1.807) is 0 Å². The zero-order valence-corrected chi connectivity index (χ0v) is 11.9. The Hall–Kier alpha value is -3.09. The molecule has 0 aliphatic heterocycles. The fourth-order valence-electron chi connectivity index (χ4n) is 1.84. The second kappa shape index (κ2) is 6.13. The molecule has 1 aromatic carbocycles. The monoisotopic (exact) mass is 295 g/mol. The maximum atomic E-state index is 12.1. The van der Waals surface area contributed by atoms with Gasteiger partial charge in [0.2, 0.25) is 5.82 Å². The molecule has 1 N–H and O–H groups in total. The number of aryl methyl sites for hydroxylation is 1. The number of anilines is 1. The molecule has 2 aromatic heterocycles. The average molecular weight is 295 g/mol. The van der Waals surface area contributed by atoms with Gasteiger partial charge < -0.3 is 9.84 Å². The summed E-state index contributed by atoms with van der Waals surface area (Å²) in [4.78, 5) is 24.0. The van der Waals surface area contributed by atoms with Crippen LogP contribution in [0.3, 0.4) is 0 Å². The molecule has 0 atom stereocenters. The maximum Gasteiger partial charge on any atom is 0.316 e. The van der Waals surface area contributed by atoms with Crippen molar-refractivity contribution in [1.29, 1.82) is 0 Å². The number of nitrogens with one attached hydrogen (secondary N) is 1. The van der Waals surface area contributed by atoms with Crippen LogP contribution in [-0.2, 0) is 6.42 Å². The first kappa shape index (κ1) is 13.9. The molecule has 3 aromatic rings. The number of carbonyl (C=O) groups excluding carboxylic acids is 1. The van der Waals surface area contributed by atoms with Gasteiger partial charge in [0.1, 0.15) is 5.69 Å². The van der Waals surface area contributed by atoms with E-state index in [4.69, 9.17) is 4.52 Å². The Morgan fingerprint density at radius 3 is 2.73 bits per heavy atom. The smallest absolute Gasteiger partial charge is 0.316 e. The number of rotatable bonds is 4. The molecule has 22 heavy (non-hydrogen) atoms. The zero-order valence-electron chi connectivity index (χ0n) is 11.9. The normalized spacial score (nSPS) is 10.4. The van der Waals surface area contributed by atoms with Gasteiger partial charge in [0, 0.05) is 18.1 Å². The van der Waals surface area contributed by atoms with Crippen LogP contribution in [0.4, 0.5) is 5.69 Å². The SMILES string of the molecule is CCc1ccc(NC(=O)c2nc(-c3cnccn3)no2)cc1. The van der Waals surface area contributed by atoms with Crippen molar-refractivity contribution in [2.45, 2.75) is 13.3 Å². The van der Waals surface area contributed by atoms with Crippen LogP contribution in [0.2, 0.25) is 0 Å². The first-order valence-corrected chi connectivity index (χ1v) is 6.76. The molecule has 3 rings (SSSR count). The summed E-state index contributed by atoms with van der Waals surface area (Å²) >= 11 is 0. The molecule has 110 valence electrons. The summed E-state index contributed by atoms with van der Waals surface area (Å²) < 4.78 is 4.96. The fraction of sp³-hybridized carbons (Fsp3) is 0.133. The average Bonchev–Trinajstić information content (AvgIpc) is 3.06. The van der Waals surface area contributed by atoms with Gasteiger partial charge in [-0.05, 0) is 24.1 Å². The molecule has 2 heterocycles. The molecule has 0 radical (unpaired) electrons. The third kappa shape index (κ3) is 2.98. The second-order valence-electron chi connectivity index (χ2n) is 4.52. The number of nitrogens with zero attached hydrogens (tertiary/aromatic N) is 4. The molecule has 0 saturated heterocycles. The summed E-state index contributed by atoms with van der Waals surface area (Å²) in [6, 6.07) is 7.57. The summed E-state index contributed by atoms with van der Waals surface area (Å²) in [6.07, 6.45) is 5.49. The Bertz CT molecular complexity index is 768. The van der Waals surface area contributed by atoms with Gasteiger partial charge in [-0.3, -0.25) is 9.78 Å². The highest BCUT2D eigenvalue weighted by molar-refractivity contribution is 6.01. The van der Waals surface area contributed by atoms with Crippen molar-refractivity contribution in [2.24, 2.45) is 0 Å². The van der Waals surface area contributed by atoms with E-state index in [9.17, 15) is 4.79 Å². The molecule has 7 nitrogen and oxygen atoms in total. The Balaban J connectivity index is 1.74. The molecule has 0 aliphatic carbocycles. The Morgan fingerprint density at radius 2 is 2.05 bits per heavy atom. The van der Waals surface area contributed by atoms with Gasteiger partial charge in [0.05, 0.1) is 6.20 Å². The van der Waals surface area contributed by atoms with Crippen LogP contribution in [0.15, 0.2) is 47.4 Å². The van der Waals surface area contributed by atoms with Crippen molar-refractivity contribution in [3.05, 3.63) is 54.3 Å². The van der Waals surface area contributed by atoms with E-state index in [-0.39, 0.29) is 11.7 Å². The minimum atomic E-state index is -0.466. The summed E-state index contributed by atoms with van der Waals surface area (Å²) in [6.45, 7) is 2.07. The van der Waals surface area contributed by atoms with Crippen molar-refractivity contribution >= 4 is 11.6 Å². The Kier molecular flexibility index (Phi) is 3.86. The van der Waals surface area contributed by atoms with Crippen LogP contribution in [0, 0.1) is 0 Å². The van der Waals surface area contributed by atoms with Crippen molar-refractivity contribution in [3.63, 3.8) is 0 Å². The lowest BCUT2D eigenvalue weighted by molar-refractivity contribution is 0.0981. The minimum Gasteiger partial charge on any atom is -0.328 e. The zero-order chi connectivity index (χ0) is 15.4. The van der Waals surface area contributed by atoms with Gasteiger partial charge in [0.25, 0.3) is 0 Å². The van der Waals surface area contributed by atoms with Gasteiger partial charge in [-0.15, -0.1) is 0 Å². The molecule has 0 fully saturated rings. The minimum absolute atomic E-state index is 0.125. The Labute approximate surface area is 126 Å². The van der Waals surface area contributed by atoms with Gasteiger partial charge >= 0.3 is 11.8 Å². The highest BCUT2D eigenvalue weighted by Crippen LogP contribution is 2.14. The number of hydrogen-bond acceptors (Lipinski definition) is 6. The first-order chi connectivity index (χ1) is 10.8. The predicted molar refractivity (Wildman–Crippen MR) is 79.1 cm³/mol. The van der Waals surface area contributed by atoms with E-state index in [0.29, 0.717) is 11.4 Å². The number of carbonyl (C=O) groups is 1. The summed E-state index contributed by atoms with van der Waals surface area (Å²) in [5.74, 6) is -0.369. The van der Waals surface area contributed by atoms with Crippen LogP contribution in [0.1, 0.15) is 23.2 Å². The lowest BCUT2D eigenvalue weighted by Gasteiger charge is -2.02. The second-order valence-corrected chi connectivity index (χ2v) is 4.52. The van der Waals surface area contributed by atoms with Crippen LogP contribution < -0.4 is 5.32 Å². The van der Waals surface area contributed by atoms with Crippen LogP contribution >= 0.6 is 0 Å². The lowest BCUT2D eigenvalue weighted by Crippen LogP contribution is -2.12. The topological polar surface area (TPSA) is 93.8 Å². The van der Waals surface area contributed by atoms with Crippen LogP contribution in [0.25, 0.3) is 11.5 Å². The highest BCUT2D eigenvalue weighted by Gasteiger charge is 2.17. The number of amides is 1. The quantitative estimate of drug-likeness (QED) is 0.794. The van der Waals surface area contributed by atoms with Gasteiger partial charge in [0.15, 0.2) is 0 Å². The van der Waals surface area contributed by atoms with Gasteiger partial charge in [-0.2, -0.15) is 4.98 Å². The molecule has 0 bridgehead atoms. The molecule has 0 spiro atoms. The molecular weight excluding hydrogens is 282 g/mol. The van der Waals surface area contributed by atoms with Gasteiger partial charge in [-0.25, -0.2) is 4.98 Å². The van der Waals surface area contributed by atoms with E-state index in [0.717, 1.165) is 6.42 Å². The highest BCUT2D eigenvalue weighted by atomic mass is 16.5. The number of aromatic nitrogens is 4. The number of hydrogen-bond donors (Lipinski definition) is 1. The lowest BCUT2D eigenvalue weighted by atomic mass is 10.1. The molecule has 0 unspecified atom stereocenters. The fourth-order valence-corrected chi connectivity index (χ4v) is 1.84. The molecule has 0 aliphatic rings. The molecule has 7 heteroatoms. The third-order valence-corrected chi connectivity index (χ3v) is 3.03.